The van der Waals surface area contributed by atoms with Crippen LogP contribution in [0.15, 0.2) is 11.6 Å². The van der Waals surface area contributed by atoms with Gasteiger partial charge in [-0.25, -0.2) is 4.79 Å². The number of ether oxygens (including phenoxy) is 4. The highest BCUT2D eigenvalue weighted by molar-refractivity contribution is 5.85. The average Bonchev–Trinajstić information content (AvgIpc) is 3.69. The Morgan fingerprint density at radius 1 is 1.22 bits per heavy atom. The van der Waals surface area contributed by atoms with Crippen LogP contribution in [0.4, 0.5) is 4.79 Å². The van der Waals surface area contributed by atoms with Crippen molar-refractivity contribution in [1.82, 2.24) is 15.5 Å². The quantitative estimate of drug-likeness (QED) is 0.318. The smallest absolute Gasteiger partial charge is 0.408 e. The van der Waals surface area contributed by atoms with Gasteiger partial charge in [-0.2, -0.15) is 0 Å². The lowest BCUT2D eigenvalue weighted by Crippen LogP contribution is -2.57. The number of hydrogen-bond acceptors (Lipinski definition) is 7. The molecule has 7 atom stereocenters. The maximum absolute atomic E-state index is 13.0. The predicted molar refractivity (Wildman–Crippen MR) is 140 cm³/mol. The second kappa shape index (κ2) is 11.6. The Hall–Kier alpha value is -1.68. The average molecular weight is 522 g/mol. The van der Waals surface area contributed by atoms with E-state index in [1.807, 2.05) is 13.8 Å². The molecule has 37 heavy (non-hydrogen) atoms. The van der Waals surface area contributed by atoms with Crippen molar-refractivity contribution in [1.29, 1.82) is 0 Å². The Bertz CT molecular complexity index is 849. The normalized spacial score (nSPS) is 35.8. The van der Waals surface area contributed by atoms with Gasteiger partial charge in [-0.3, -0.25) is 4.79 Å². The Kier molecular flexibility index (Phi) is 8.88. The summed E-state index contributed by atoms with van der Waals surface area (Å²) >= 11 is 0. The molecule has 9 nitrogen and oxygen atoms in total. The first-order valence-corrected chi connectivity index (χ1v) is 14.0. The van der Waals surface area contributed by atoms with Crippen LogP contribution in [0, 0.1) is 11.8 Å². The molecule has 3 saturated heterocycles. The maximum atomic E-state index is 13.0. The van der Waals surface area contributed by atoms with Crippen molar-refractivity contribution in [3.8, 4) is 0 Å². The topological polar surface area (TPSA) is 105 Å². The number of amides is 2. The summed E-state index contributed by atoms with van der Waals surface area (Å²) in [6, 6.07) is -0.665. The molecule has 3 aliphatic heterocycles. The van der Waals surface area contributed by atoms with Crippen LogP contribution in [0.1, 0.15) is 66.7 Å². The molecule has 9 heteroatoms. The molecule has 1 saturated carbocycles. The number of likely N-dealkylation sites (tertiary alicyclic amines) is 1. The number of hydrogen-bond donors (Lipinski definition) is 2. The summed E-state index contributed by atoms with van der Waals surface area (Å²) in [5, 5.41) is 5.81. The highest BCUT2D eigenvalue weighted by atomic mass is 16.6. The molecule has 0 aromatic heterocycles. The van der Waals surface area contributed by atoms with E-state index in [1.165, 1.54) is 18.4 Å². The van der Waals surface area contributed by atoms with Gasteiger partial charge in [-0.05, 0) is 71.9 Å². The zero-order valence-electron chi connectivity index (χ0n) is 23.5. The Labute approximate surface area is 222 Å². The summed E-state index contributed by atoms with van der Waals surface area (Å²) in [5.74, 6) is -0.293. The predicted octanol–water partition coefficient (Wildman–Crippen LogP) is 3.03. The molecule has 2 N–H and O–H groups in total. The number of nitrogens with one attached hydrogen (secondary N) is 2. The van der Waals surface area contributed by atoms with Crippen molar-refractivity contribution >= 4 is 12.0 Å². The number of nitrogens with zero attached hydrogens (tertiary/aromatic N) is 1. The minimum Gasteiger partial charge on any atom is -0.443 e. The summed E-state index contributed by atoms with van der Waals surface area (Å²) in [7, 11) is 1.66. The van der Waals surface area contributed by atoms with E-state index in [2.05, 4.69) is 42.4 Å². The number of rotatable bonds is 11. The molecular weight excluding hydrogens is 474 g/mol. The van der Waals surface area contributed by atoms with E-state index >= 15 is 0 Å². The monoisotopic (exact) mass is 521 g/mol. The second-order valence-electron chi connectivity index (χ2n) is 12.0. The first-order valence-electron chi connectivity index (χ1n) is 14.0. The van der Waals surface area contributed by atoms with E-state index in [0.29, 0.717) is 19.6 Å². The van der Waals surface area contributed by atoms with E-state index in [0.717, 1.165) is 32.5 Å². The van der Waals surface area contributed by atoms with Crippen molar-refractivity contribution in [2.75, 3.05) is 39.9 Å². The lowest BCUT2D eigenvalue weighted by molar-refractivity contribution is -0.125. The molecule has 4 rings (SSSR count). The van der Waals surface area contributed by atoms with Gasteiger partial charge in [0.2, 0.25) is 5.91 Å². The SMILES string of the molecule is COC1C(OC(=O)NC(C(=O)NCCN2CCCC2)C(C)C)CCC2(CO2)C1C1(C)OC1CC=C(C)C. The highest BCUT2D eigenvalue weighted by Crippen LogP contribution is 2.59. The lowest BCUT2D eigenvalue weighted by Gasteiger charge is -2.42. The molecule has 1 spiro atoms. The number of methoxy groups -OCH3 is 1. The second-order valence-corrected chi connectivity index (χ2v) is 12.0. The van der Waals surface area contributed by atoms with Crippen LogP contribution in [0.3, 0.4) is 0 Å². The molecular formula is C28H47N3O6. The van der Waals surface area contributed by atoms with Crippen LogP contribution < -0.4 is 10.6 Å². The van der Waals surface area contributed by atoms with Crippen molar-refractivity contribution in [2.45, 2.75) is 102 Å². The van der Waals surface area contributed by atoms with Crippen molar-refractivity contribution in [2.24, 2.45) is 11.8 Å². The molecule has 0 radical (unpaired) electrons. The van der Waals surface area contributed by atoms with Gasteiger partial charge in [0.05, 0.1) is 18.6 Å². The van der Waals surface area contributed by atoms with Crippen LogP contribution in [0.5, 0.6) is 0 Å². The van der Waals surface area contributed by atoms with E-state index in [1.54, 1.807) is 7.11 Å². The van der Waals surface area contributed by atoms with E-state index in [-0.39, 0.29) is 35.6 Å². The first kappa shape index (κ1) is 28.3. The molecule has 4 aliphatic rings. The molecule has 0 aromatic rings. The summed E-state index contributed by atoms with van der Waals surface area (Å²) in [5.41, 5.74) is 0.596. The van der Waals surface area contributed by atoms with E-state index in [4.69, 9.17) is 18.9 Å². The van der Waals surface area contributed by atoms with Gasteiger partial charge in [-0.1, -0.05) is 25.5 Å². The Balaban J connectivity index is 1.35. The van der Waals surface area contributed by atoms with Gasteiger partial charge < -0.3 is 34.5 Å². The van der Waals surface area contributed by atoms with Gasteiger partial charge in [0.25, 0.3) is 0 Å². The number of epoxide rings is 2. The summed E-state index contributed by atoms with van der Waals surface area (Å²) in [6.45, 7) is 14.4. The fraction of sp³-hybridized carbons (Fsp3) is 0.857. The summed E-state index contributed by atoms with van der Waals surface area (Å²) in [4.78, 5) is 28.2. The number of carbonyl (C=O) groups excluding carboxylic acids is 2. The Morgan fingerprint density at radius 3 is 2.51 bits per heavy atom. The molecule has 0 aromatic carbocycles. The standard InChI is InChI=1S/C28H47N3O6/c1-18(2)9-10-21-27(5,37-21)24-23(34-6)20(11-12-28(24)17-35-28)36-26(33)30-22(19(3)4)25(32)29-13-16-31-14-7-8-15-31/h9,19-24H,7-8,10-17H2,1-6H3,(H,29,32)(H,30,33). The zero-order chi connectivity index (χ0) is 26.8. The fourth-order valence-corrected chi connectivity index (χ4v) is 6.36. The minimum absolute atomic E-state index is 0.0399. The molecule has 2 amide bonds. The van der Waals surface area contributed by atoms with Crippen LogP contribution in [-0.2, 0) is 23.7 Å². The van der Waals surface area contributed by atoms with Crippen LogP contribution in [0.25, 0.3) is 0 Å². The fourth-order valence-electron chi connectivity index (χ4n) is 6.36. The third kappa shape index (κ3) is 6.49. The van der Waals surface area contributed by atoms with Gasteiger partial charge in [0.15, 0.2) is 0 Å². The van der Waals surface area contributed by atoms with E-state index < -0.39 is 23.8 Å². The number of alkyl carbamates (subject to hydrolysis) is 1. The molecule has 1 aliphatic carbocycles. The Morgan fingerprint density at radius 2 is 1.92 bits per heavy atom. The minimum atomic E-state index is -0.665. The van der Waals surface area contributed by atoms with Crippen molar-refractivity contribution in [3.63, 3.8) is 0 Å². The largest absolute Gasteiger partial charge is 0.443 e. The van der Waals surface area contributed by atoms with Crippen molar-refractivity contribution < 1.29 is 28.5 Å². The van der Waals surface area contributed by atoms with Crippen LogP contribution in [0.2, 0.25) is 0 Å². The summed E-state index contributed by atoms with van der Waals surface area (Å²) < 4.78 is 24.1. The molecule has 7 unspecified atom stereocenters. The third-order valence-corrected chi connectivity index (χ3v) is 8.64. The molecule has 0 bridgehead atoms. The van der Waals surface area contributed by atoms with E-state index in [9.17, 15) is 9.59 Å². The summed E-state index contributed by atoms with van der Waals surface area (Å²) in [6.07, 6.45) is 5.62. The zero-order valence-corrected chi connectivity index (χ0v) is 23.5. The number of allylic oxidation sites excluding steroid dienone is 1. The molecule has 3 heterocycles. The molecule has 4 fully saturated rings. The van der Waals surface area contributed by atoms with Crippen LogP contribution >= 0.6 is 0 Å². The van der Waals surface area contributed by atoms with Gasteiger partial charge >= 0.3 is 6.09 Å². The highest BCUT2D eigenvalue weighted by Gasteiger charge is 2.72. The van der Waals surface area contributed by atoms with Gasteiger partial charge in [0.1, 0.15) is 29.5 Å². The first-order chi connectivity index (χ1) is 17.6. The number of carbonyl (C=O) groups is 2. The lowest BCUT2D eigenvalue weighted by atomic mass is 9.68. The third-order valence-electron chi connectivity index (χ3n) is 8.64. The van der Waals surface area contributed by atoms with Gasteiger partial charge in [0, 0.05) is 20.2 Å². The van der Waals surface area contributed by atoms with Crippen molar-refractivity contribution in [3.05, 3.63) is 11.6 Å². The molecule has 210 valence electrons. The van der Waals surface area contributed by atoms with Gasteiger partial charge in [-0.15, -0.1) is 0 Å². The van der Waals surface area contributed by atoms with Crippen LogP contribution in [-0.4, -0.2) is 92.4 Å². The maximum Gasteiger partial charge on any atom is 0.408 e.